The Morgan fingerprint density at radius 1 is 1.20 bits per heavy atom. The minimum atomic E-state index is -1.87. The van der Waals surface area contributed by atoms with Gasteiger partial charge in [-0.25, -0.2) is 14.6 Å². The smallest absolute Gasteiger partial charge is 0.415 e. The Balaban J connectivity index is 1.32. The van der Waals surface area contributed by atoms with Crippen molar-refractivity contribution in [3.05, 3.63) is 56.9 Å². The predicted octanol–water partition coefficient (Wildman–Crippen LogP) is 3.60. The van der Waals surface area contributed by atoms with Gasteiger partial charge in [-0.05, 0) is 55.5 Å². The highest BCUT2D eigenvalue weighted by molar-refractivity contribution is 5.90. The molecule has 10 heteroatoms. The number of ether oxygens (including phenoxy) is 2. The van der Waals surface area contributed by atoms with Gasteiger partial charge in [-0.3, -0.25) is 4.79 Å². The molecule has 6 rings (SSSR count). The number of benzene rings is 1. The maximum Gasteiger partial charge on any atom is 0.415 e. The fourth-order valence-electron chi connectivity index (χ4n) is 6.47. The number of carbonyl (C=O) groups excluding carboxylic acids is 2. The van der Waals surface area contributed by atoms with Gasteiger partial charge in [0, 0.05) is 41.7 Å². The minimum Gasteiger partial charge on any atom is -0.458 e. The van der Waals surface area contributed by atoms with E-state index in [2.05, 4.69) is 19.2 Å². The fraction of sp³-hybridized carbons (Fsp3) is 0.484. The zero-order valence-electron chi connectivity index (χ0n) is 24.0. The molecule has 3 aliphatic rings. The summed E-state index contributed by atoms with van der Waals surface area (Å²) < 4.78 is 12.6. The van der Waals surface area contributed by atoms with E-state index in [4.69, 9.17) is 14.5 Å². The SMILES string of the molecule is CCc1c2c(nc3ccc(OC(=O)N4CCC(NC(C)C)CC4)cc13)-c1cc3c(c(=O)n1C2)COC(=O)[C@]3(O)CC. The fourth-order valence-corrected chi connectivity index (χ4v) is 6.47. The number of hydrogen-bond acceptors (Lipinski definition) is 8. The van der Waals surface area contributed by atoms with Crippen molar-refractivity contribution in [3.8, 4) is 17.1 Å². The molecule has 1 aromatic carbocycles. The minimum absolute atomic E-state index is 0.0916. The topological polar surface area (TPSA) is 123 Å². The summed E-state index contributed by atoms with van der Waals surface area (Å²) in [6.45, 7) is 9.44. The average Bonchev–Trinajstić information content (AvgIpc) is 3.32. The Morgan fingerprint density at radius 2 is 1.95 bits per heavy atom. The van der Waals surface area contributed by atoms with Gasteiger partial charge in [0.1, 0.15) is 12.4 Å². The first-order valence-electron chi connectivity index (χ1n) is 14.5. The molecule has 41 heavy (non-hydrogen) atoms. The number of amides is 1. The summed E-state index contributed by atoms with van der Waals surface area (Å²) in [4.78, 5) is 45.6. The third-order valence-corrected chi connectivity index (χ3v) is 8.66. The lowest BCUT2D eigenvalue weighted by Gasteiger charge is -2.32. The summed E-state index contributed by atoms with van der Waals surface area (Å²) >= 11 is 0. The van der Waals surface area contributed by atoms with Crippen molar-refractivity contribution in [1.29, 1.82) is 0 Å². The number of fused-ring (bicyclic) bond motifs is 5. The van der Waals surface area contributed by atoms with Crippen LogP contribution in [0.1, 0.15) is 69.2 Å². The van der Waals surface area contributed by atoms with Crippen LogP contribution in [-0.2, 0) is 34.7 Å². The van der Waals surface area contributed by atoms with E-state index in [1.54, 1.807) is 28.5 Å². The number of likely N-dealkylation sites (tertiary alicyclic amines) is 1. The normalized spacial score (nSPS) is 20.1. The van der Waals surface area contributed by atoms with Crippen LogP contribution >= 0.6 is 0 Å². The molecule has 10 nitrogen and oxygen atoms in total. The molecule has 1 atom stereocenters. The Hall–Kier alpha value is -3.76. The zero-order valence-corrected chi connectivity index (χ0v) is 24.0. The molecule has 3 aromatic rings. The standard InChI is InChI=1S/C31H36N4O6/c1-5-20-21-13-19(41-30(38)34-11-9-18(10-12-34)32-17(3)4)7-8-25(21)33-27-22(20)15-35-26(27)14-24-23(28(35)36)16-40-29(37)31(24,39)6-2/h7-8,13-14,17-18,32,39H,5-6,9-12,15-16H2,1-4H3/t31-/m0/s1. The van der Waals surface area contributed by atoms with Crippen molar-refractivity contribution in [2.75, 3.05) is 13.1 Å². The summed E-state index contributed by atoms with van der Waals surface area (Å²) in [5.41, 5.74) is 2.32. The first-order chi connectivity index (χ1) is 19.6. The van der Waals surface area contributed by atoms with Gasteiger partial charge in [0.05, 0.1) is 29.0 Å². The molecule has 5 heterocycles. The van der Waals surface area contributed by atoms with Crippen LogP contribution in [0.25, 0.3) is 22.3 Å². The molecule has 0 radical (unpaired) electrons. The molecule has 0 spiro atoms. The number of carbonyl (C=O) groups is 2. The van der Waals surface area contributed by atoms with Crippen molar-refractivity contribution in [2.24, 2.45) is 0 Å². The molecular weight excluding hydrogens is 524 g/mol. The second-order valence-electron chi connectivity index (χ2n) is 11.5. The monoisotopic (exact) mass is 560 g/mol. The van der Waals surface area contributed by atoms with Gasteiger partial charge >= 0.3 is 12.1 Å². The maximum absolute atomic E-state index is 13.5. The quantitative estimate of drug-likeness (QED) is 0.355. The summed E-state index contributed by atoms with van der Waals surface area (Å²) in [7, 11) is 0. The van der Waals surface area contributed by atoms with Gasteiger partial charge in [0.25, 0.3) is 5.56 Å². The summed E-state index contributed by atoms with van der Waals surface area (Å²) in [5.74, 6) is -0.289. The van der Waals surface area contributed by atoms with Gasteiger partial charge in [0.2, 0.25) is 0 Å². The number of esters is 1. The van der Waals surface area contributed by atoms with E-state index < -0.39 is 11.6 Å². The molecule has 1 saturated heterocycles. The average molecular weight is 561 g/mol. The predicted molar refractivity (Wildman–Crippen MR) is 153 cm³/mol. The molecule has 0 saturated carbocycles. The van der Waals surface area contributed by atoms with E-state index >= 15 is 0 Å². The molecular formula is C31H36N4O6. The Morgan fingerprint density at radius 3 is 2.63 bits per heavy atom. The van der Waals surface area contributed by atoms with Crippen molar-refractivity contribution in [2.45, 2.75) is 84.2 Å². The van der Waals surface area contributed by atoms with Crippen LogP contribution in [0.4, 0.5) is 4.79 Å². The highest BCUT2D eigenvalue weighted by atomic mass is 16.6. The van der Waals surface area contributed by atoms with Crippen LogP contribution in [-0.4, -0.2) is 56.8 Å². The van der Waals surface area contributed by atoms with Gasteiger partial charge in [-0.2, -0.15) is 0 Å². The number of pyridine rings is 2. The van der Waals surface area contributed by atoms with Crippen LogP contribution < -0.4 is 15.6 Å². The third kappa shape index (κ3) is 4.49. The van der Waals surface area contributed by atoms with Gasteiger partial charge in [0.15, 0.2) is 5.60 Å². The van der Waals surface area contributed by atoms with Crippen molar-refractivity contribution in [1.82, 2.24) is 19.8 Å². The third-order valence-electron chi connectivity index (χ3n) is 8.66. The van der Waals surface area contributed by atoms with Crippen molar-refractivity contribution >= 4 is 23.0 Å². The van der Waals surface area contributed by atoms with Gasteiger partial charge < -0.3 is 29.4 Å². The number of piperidine rings is 1. The number of rotatable bonds is 5. The van der Waals surface area contributed by atoms with E-state index in [0.29, 0.717) is 71.9 Å². The van der Waals surface area contributed by atoms with E-state index in [1.165, 1.54) is 0 Å². The molecule has 1 amide bonds. The molecule has 2 N–H and O–H groups in total. The van der Waals surface area contributed by atoms with Crippen LogP contribution in [0.15, 0.2) is 29.1 Å². The van der Waals surface area contributed by atoms with Crippen molar-refractivity contribution < 1.29 is 24.2 Å². The highest BCUT2D eigenvalue weighted by Gasteiger charge is 2.45. The van der Waals surface area contributed by atoms with Gasteiger partial charge in [-0.15, -0.1) is 0 Å². The lowest BCUT2D eigenvalue weighted by molar-refractivity contribution is -0.172. The number of nitrogens with one attached hydrogen (secondary N) is 1. The first-order valence-corrected chi connectivity index (χ1v) is 14.5. The lowest BCUT2D eigenvalue weighted by Crippen LogP contribution is -2.47. The largest absolute Gasteiger partial charge is 0.458 e. The number of cyclic esters (lactones) is 1. The van der Waals surface area contributed by atoms with Crippen LogP contribution in [0, 0.1) is 0 Å². The first kappa shape index (κ1) is 27.4. The zero-order chi connectivity index (χ0) is 29.1. The Kier molecular flexibility index (Phi) is 6.86. The number of nitrogens with zero attached hydrogens (tertiary/aromatic N) is 3. The molecule has 3 aliphatic heterocycles. The summed E-state index contributed by atoms with van der Waals surface area (Å²) in [6, 6.07) is 7.97. The number of aliphatic hydroxyl groups is 1. The van der Waals surface area contributed by atoms with Gasteiger partial charge in [-0.1, -0.05) is 27.7 Å². The number of aryl methyl sites for hydroxylation is 1. The molecule has 2 aromatic heterocycles. The molecule has 216 valence electrons. The lowest BCUT2D eigenvalue weighted by atomic mass is 9.86. The molecule has 0 bridgehead atoms. The summed E-state index contributed by atoms with van der Waals surface area (Å²) in [5, 5.41) is 15.5. The maximum atomic E-state index is 13.5. The van der Waals surface area contributed by atoms with Crippen LogP contribution in [0.5, 0.6) is 5.75 Å². The number of aromatic nitrogens is 2. The van der Waals surface area contributed by atoms with E-state index in [-0.39, 0.29) is 24.7 Å². The Bertz CT molecular complexity index is 1620. The molecule has 1 fully saturated rings. The highest BCUT2D eigenvalue weighted by Crippen LogP contribution is 2.40. The Labute approximate surface area is 238 Å². The van der Waals surface area contributed by atoms with E-state index in [9.17, 15) is 19.5 Å². The molecule has 0 unspecified atom stereocenters. The van der Waals surface area contributed by atoms with Crippen LogP contribution in [0.3, 0.4) is 0 Å². The second kappa shape index (κ2) is 10.3. The van der Waals surface area contributed by atoms with E-state index in [1.807, 2.05) is 19.1 Å². The van der Waals surface area contributed by atoms with E-state index in [0.717, 1.165) is 29.4 Å². The number of hydrogen-bond donors (Lipinski definition) is 2. The second-order valence-corrected chi connectivity index (χ2v) is 11.5. The van der Waals surface area contributed by atoms with Crippen LogP contribution in [0.2, 0.25) is 0 Å². The summed E-state index contributed by atoms with van der Waals surface area (Å²) in [6.07, 6.45) is 2.19. The molecule has 0 aliphatic carbocycles. The van der Waals surface area contributed by atoms with Crippen molar-refractivity contribution in [3.63, 3.8) is 0 Å².